The van der Waals surface area contributed by atoms with Crippen LogP contribution < -0.4 is 25.7 Å². The van der Waals surface area contributed by atoms with E-state index in [1.165, 1.54) is 54.7 Å². The third-order valence-electron chi connectivity index (χ3n) is 7.36. The molecule has 6 aromatic rings. The highest BCUT2D eigenvalue weighted by Gasteiger charge is 2.34. The van der Waals surface area contributed by atoms with Crippen LogP contribution in [0.5, 0.6) is 0 Å². The molecule has 0 saturated carbocycles. The highest BCUT2D eigenvalue weighted by molar-refractivity contribution is 7.90. The molecule has 0 unspecified atom stereocenters. The second-order valence-electron chi connectivity index (χ2n) is 10.6. The lowest BCUT2D eigenvalue weighted by Gasteiger charge is -2.42. The van der Waals surface area contributed by atoms with Crippen molar-refractivity contribution in [3.05, 3.63) is 174 Å². The van der Waals surface area contributed by atoms with Gasteiger partial charge in [-0.1, -0.05) is 163 Å². The maximum Gasteiger partial charge on any atom is 0.0591 e. The second kappa shape index (κ2) is 12.9. The molecule has 6 aromatic carbocycles. The van der Waals surface area contributed by atoms with Gasteiger partial charge in [0.2, 0.25) is 0 Å². The van der Waals surface area contributed by atoms with Crippen LogP contribution in [0.1, 0.15) is 16.7 Å². The molecule has 0 aliphatic heterocycles. The van der Waals surface area contributed by atoms with E-state index in [9.17, 15) is 0 Å². The average molecular weight is 580 g/mol. The number of nitrogens with zero attached hydrogens (tertiary/aromatic N) is 1. The Morgan fingerprint density at radius 3 is 1.24 bits per heavy atom. The van der Waals surface area contributed by atoms with Gasteiger partial charge in [-0.25, -0.2) is 0 Å². The van der Waals surface area contributed by atoms with Crippen LogP contribution in [0.2, 0.25) is 0 Å². The predicted octanol–water partition coefficient (Wildman–Crippen LogP) is 9.18. The molecule has 0 amide bonds. The van der Waals surface area contributed by atoms with Crippen LogP contribution in [0.3, 0.4) is 0 Å². The van der Waals surface area contributed by atoms with Crippen LogP contribution in [-0.4, -0.2) is 0 Å². The first-order valence-corrected chi connectivity index (χ1v) is 17.0. The SMILES string of the molecule is Cc1cccc(-c2cc(C)cc(C)c2N(P(c2ccccc2)c2ccccc2)P(c2ccccc2)c2ccccc2)c1. The average Bonchev–Trinajstić information content (AvgIpc) is 3.03. The molecule has 0 heterocycles. The Bertz CT molecular complexity index is 1590. The summed E-state index contributed by atoms with van der Waals surface area (Å²) in [7, 11) is -1.91. The molecule has 0 aliphatic carbocycles. The summed E-state index contributed by atoms with van der Waals surface area (Å²) in [6, 6.07) is 58.2. The number of hydrogen-bond acceptors (Lipinski definition) is 1. The van der Waals surface area contributed by atoms with Crippen molar-refractivity contribution in [1.29, 1.82) is 0 Å². The summed E-state index contributed by atoms with van der Waals surface area (Å²) in [6.45, 7) is 6.70. The number of hydrogen-bond donors (Lipinski definition) is 0. The highest BCUT2D eigenvalue weighted by atomic mass is 31.2. The molecule has 0 bridgehead atoms. The summed E-state index contributed by atoms with van der Waals surface area (Å²) in [4.78, 5) is 0. The van der Waals surface area contributed by atoms with Crippen molar-refractivity contribution in [1.82, 2.24) is 0 Å². The van der Waals surface area contributed by atoms with Gasteiger partial charge in [-0.05, 0) is 38.0 Å². The summed E-state index contributed by atoms with van der Waals surface area (Å²) in [5.41, 5.74) is 7.70. The lowest BCUT2D eigenvalue weighted by molar-refractivity contribution is 1.35. The van der Waals surface area contributed by atoms with Crippen LogP contribution in [0.25, 0.3) is 11.1 Å². The van der Waals surface area contributed by atoms with E-state index in [0.29, 0.717) is 0 Å². The lowest BCUT2D eigenvalue weighted by atomic mass is 9.97. The van der Waals surface area contributed by atoms with Crippen LogP contribution in [-0.2, 0) is 0 Å². The third kappa shape index (κ3) is 5.96. The van der Waals surface area contributed by atoms with E-state index in [0.717, 1.165) is 0 Å². The number of aryl methyl sites for hydroxylation is 3. The van der Waals surface area contributed by atoms with E-state index in [1.54, 1.807) is 0 Å². The molecule has 0 aromatic heterocycles. The topological polar surface area (TPSA) is 3.24 Å². The maximum atomic E-state index is 2.81. The van der Waals surface area contributed by atoms with Crippen molar-refractivity contribution >= 4 is 43.1 Å². The first-order chi connectivity index (χ1) is 20.6. The van der Waals surface area contributed by atoms with E-state index in [4.69, 9.17) is 0 Å². The molecule has 0 saturated heterocycles. The molecular weight excluding hydrogens is 544 g/mol. The smallest absolute Gasteiger partial charge is 0.0591 e. The molecule has 0 fully saturated rings. The molecule has 0 spiro atoms. The van der Waals surface area contributed by atoms with E-state index in [-0.39, 0.29) is 0 Å². The summed E-state index contributed by atoms with van der Waals surface area (Å²) in [5.74, 6) is 0. The van der Waals surface area contributed by atoms with Crippen molar-refractivity contribution in [3.63, 3.8) is 0 Å². The minimum Gasteiger partial charge on any atom is -0.312 e. The van der Waals surface area contributed by atoms with Crippen LogP contribution in [0.4, 0.5) is 5.69 Å². The van der Waals surface area contributed by atoms with Gasteiger partial charge in [-0.2, -0.15) is 0 Å². The Morgan fingerprint density at radius 2 is 0.833 bits per heavy atom. The Hall–Kier alpha value is -4.02. The molecule has 1 nitrogen and oxygen atoms in total. The standard InChI is InChI=1S/C39H35NP2/c1-30-17-16-18-33(28-30)38-29-31(2)27-32(3)39(38)40(41(34-19-8-4-9-20-34)35-21-10-5-11-22-35)42(36-23-12-6-13-24-36)37-25-14-7-15-26-37/h4-29H,1-3H3. The van der Waals surface area contributed by atoms with Crippen LogP contribution in [0.15, 0.2) is 158 Å². The molecule has 206 valence electrons. The Labute approximate surface area is 253 Å². The van der Waals surface area contributed by atoms with E-state index in [2.05, 4.69) is 183 Å². The molecule has 3 heteroatoms. The molecular formula is C39H35NP2. The zero-order valence-corrected chi connectivity index (χ0v) is 26.1. The van der Waals surface area contributed by atoms with Gasteiger partial charge in [0.15, 0.2) is 0 Å². The van der Waals surface area contributed by atoms with E-state index >= 15 is 0 Å². The molecule has 0 atom stereocenters. The van der Waals surface area contributed by atoms with E-state index in [1.807, 2.05) is 0 Å². The Balaban J connectivity index is 1.74. The summed E-state index contributed by atoms with van der Waals surface area (Å²) in [5, 5.41) is 5.36. The van der Waals surface area contributed by atoms with Gasteiger partial charge in [0.1, 0.15) is 0 Å². The van der Waals surface area contributed by atoms with Gasteiger partial charge in [0.25, 0.3) is 0 Å². The third-order valence-corrected chi connectivity index (χ3v) is 12.7. The van der Waals surface area contributed by atoms with E-state index < -0.39 is 16.1 Å². The number of anilines is 1. The second-order valence-corrected chi connectivity index (χ2v) is 15.0. The van der Waals surface area contributed by atoms with Crippen molar-refractivity contribution in [2.24, 2.45) is 0 Å². The minimum atomic E-state index is -0.955. The zero-order chi connectivity index (χ0) is 28.9. The fourth-order valence-corrected chi connectivity index (χ4v) is 11.7. The fraction of sp³-hybridized carbons (Fsp3) is 0.0769. The minimum absolute atomic E-state index is 0.955. The molecule has 42 heavy (non-hydrogen) atoms. The first kappa shape index (κ1) is 28.1. The predicted molar refractivity (Wildman–Crippen MR) is 187 cm³/mol. The normalized spacial score (nSPS) is 11.2. The molecule has 0 aliphatic rings. The van der Waals surface area contributed by atoms with Crippen molar-refractivity contribution in [2.75, 3.05) is 4.44 Å². The Kier molecular flexibility index (Phi) is 8.62. The van der Waals surface area contributed by atoms with Gasteiger partial charge in [0.05, 0.1) is 21.8 Å². The molecule has 0 radical (unpaired) electrons. The van der Waals surface area contributed by atoms with Crippen LogP contribution in [0, 0.1) is 20.8 Å². The monoisotopic (exact) mass is 579 g/mol. The maximum absolute atomic E-state index is 2.81. The Morgan fingerprint density at radius 1 is 0.405 bits per heavy atom. The number of benzene rings is 6. The van der Waals surface area contributed by atoms with Gasteiger partial charge >= 0.3 is 0 Å². The fourth-order valence-electron chi connectivity index (χ4n) is 5.56. The largest absolute Gasteiger partial charge is 0.312 e. The highest BCUT2D eigenvalue weighted by Crippen LogP contribution is 2.59. The van der Waals surface area contributed by atoms with Gasteiger partial charge in [0, 0.05) is 26.8 Å². The summed E-state index contributed by atoms with van der Waals surface area (Å²) < 4.78 is 2.81. The number of rotatable bonds is 8. The van der Waals surface area contributed by atoms with Crippen molar-refractivity contribution in [3.8, 4) is 11.1 Å². The van der Waals surface area contributed by atoms with Gasteiger partial charge in [-0.15, -0.1) is 0 Å². The summed E-state index contributed by atoms with van der Waals surface area (Å²) >= 11 is 0. The first-order valence-electron chi connectivity index (χ1n) is 14.4. The lowest BCUT2D eigenvalue weighted by Crippen LogP contribution is -2.32. The van der Waals surface area contributed by atoms with Gasteiger partial charge < -0.3 is 4.44 Å². The van der Waals surface area contributed by atoms with Crippen molar-refractivity contribution in [2.45, 2.75) is 20.8 Å². The zero-order valence-electron chi connectivity index (χ0n) is 24.4. The van der Waals surface area contributed by atoms with Gasteiger partial charge in [-0.3, -0.25) is 0 Å². The van der Waals surface area contributed by atoms with Crippen molar-refractivity contribution < 1.29 is 0 Å². The molecule has 6 rings (SSSR count). The summed E-state index contributed by atoms with van der Waals surface area (Å²) in [6.07, 6.45) is 0. The quantitative estimate of drug-likeness (QED) is 0.163. The van der Waals surface area contributed by atoms with Crippen LogP contribution >= 0.6 is 16.1 Å². The molecule has 0 N–H and O–H groups in total.